The van der Waals surface area contributed by atoms with Gasteiger partial charge in [-0.05, 0) is 5.92 Å². The molecule has 1 rings (SSSR count). The monoisotopic (exact) mass is 142 g/mol. The van der Waals surface area contributed by atoms with E-state index in [1.54, 1.807) is 0 Å². The Morgan fingerprint density at radius 2 is 2.30 bits per heavy atom. The molecule has 0 spiro atoms. The van der Waals surface area contributed by atoms with Gasteiger partial charge < -0.3 is 11.1 Å². The number of carbonyl (C=O) groups is 1. The Bertz CT molecular complexity index is 145. The Balaban J connectivity index is 2.57. The Morgan fingerprint density at radius 3 is 2.50 bits per heavy atom. The molecule has 0 aromatic heterocycles. The van der Waals surface area contributed by atoms with Crippen LogP contribution in [0.2, 0.25) is 0 Å². The van der Waals surface area contributed by atoms with E-state index >= 15 is 0 Å². The summed E-state index contributed by atoms with van der Waals surface area (Å²) in [7, 11) is 0. The quantitative estimate of drug-likeness (QED) is 0.529. The summed E-state index contributed by atoms with van der Waals surface area (Å²) < 4.78 is 0. The second-order valence-electron chi connectivity index (χ2n) is 3.18. The minimum Gasteiger partial charge on any atom is -0.354 e. The van der Waals surface area contributed by atoms with Gasteiger partial charge in [0.15, 0.2) is 0 Å². The van der Waals surface area contributed by atoms with Crippen LogP contribution in [0.4, 0.5) is 0 Å². The van der Waals surface area contributed by atoms with Crippen LogP contribution >= 0.6 is 0 Å². The molecule has 3 nitrogen and oxygen atoms in total. The average Bonchev–Trinajstić information content (AvgIpc) is 2.14. The second kappa shape index (κ2) is 2.58. The largest absolute Gasteiger partial charge is 0.354 e. The highest BCUT2D eigenvalue weighted by atomic mass is 16.2. The lowest BCUT2D eigenvalue weighted by Crippen LogP contribution is -2.35. The number of carbonyl (C=O) groups excluding carboxylic acids is 1. The first-order chi connectivity index (χ1) is 4.63. The number of nitrogens with two attached hydrogens (primary N) is 1. The maximum Gasteiger partial charge on any atom is 0.237 e. The molecule has 1 aliphatic heterocycles. The Labute approximate surface area is 61.0 Å². The highest BCUT2D eigenvalue weighted by Gasteiger charge is 2.32. The smallest absolute Gasteiger partial charge is 0.237 e. The van der Waals surface area contributed by atoms with Crippen molar-refractivity contribution in [1.29, 1.82) is 0 Å². The molecular formula is C7H14N2O. The fourth-order valence-electron chi connectivity index (χ4n) is 1.31. The van der Waals surface area contributed by atoms with Crippen LogP contribution in [0.15, 0.2) is 0 Å². The molecule has 1 heterocycles. The lowest BCUT2D eigenvalue weighted by atomic mass is 9.92. The molecule has 0 saturated carbocycles. The number of rotatable bonds is 1. The second-order valence-corrected chi connectivity index (χ2v) is 3.18. The predicted molar refractivity (Wildman–Crippen MR) is 39.3 cm³/mol. The molecular weight excluding hydrogens is 128 g/mol. The molecule has 3 N–H and O–H groups in total. The lowest BCUT2D eigenvalue weighted by Gasteiger charge is -2.15. The summed E-state index contributed by atoms with van der Waals surface area (Å²) in [5, 5.41) is 2.74. The standard InChI is InChI=1S/C7H14N2O/c1-4(2)5-3-9-7(10)6(5)8/h4-6H,3,8H2,1-2H3,(H,9,10)/t5-,6-/m0/s1. The van der Waals surface area contributed by atoms with Gasteiger partial charge in [0.25, 0.3) is 0 Å². The van der Waals surface area contributed by atoms with E-state index in [1.807, 2.05) is 0 Å². The zero-order valence-electron chi connectivity index (χ0n) is 6.42. The lowest BCUT2D eigenvalue weighted by molar-refractivity contribution is -0.120. The van der Waals surface area contributed by atoms with Crippen LogP contribution in [0.25, 0.3) is 0 Å². The molecule has 3 heteroatoms. The third-order valence-electron chi connectivity index (χ3n) is 2.13. The normalized spacial score (nSPS) is 33.0. The zero-order chi connectivity index (χ0) is 7.72. The molecule has 1 amide bonds. The first-order valence-electron chi connectivity index (χ1n) is 3.66. The highest BCUT2D eigenvalue weighted by molar-refractivity contribution is 5.84. The van der Waals surface area contributed by atoms with Crippen LogP contribution < -0.4 is 11.1 Å². The Kier molecular flexibility index (Phi) is 1.94. The summed E-state index contributed by atoms with van der Waals surface area (Å²) in [5.41, 5.74) is 5.61. The van der Waals surface area contributed by atoms with Gasteiger partial charge in [-0.15, -0.1) is 0 Å². The first kappa shape index (κ1) is 7.54. The summed E-state index contributed by atoms with van der Waals surface area (Å²) in [6.07, 6.45) is 0. The van der Waals surface area contributed by atoms with Gasteiger partial charge in [0.05, 0.1) is 6.04 Å². The van der Waals surface area contributed by atoms with Crippen molar-refractivity contribution < 1.29 is 4.79 Å². The highest BCUT2D eigenvalue weighted by Crippen LogP contribution is 2.17. The van der Waals surface area contributed by atoms with E-state index in [9.17, 15) is 4.79 Å². The van der Waals surface area contributed by atoms with Crippen molar-refractivity contribution in [2.75, 3.05) is 6.54 Å². The van der Waals surface area contributed by atoms with Crippen LogP contribution in [-0.4, -0.2) is 18.5 Å². The molecule has 0 unspecified atom stereocenters. The maximum atomic E-state index is 10.9. The van der Waals surface area contributed by atoms with Crippen molar-refractivity contribution in [3.05, 3.63) is 0 Å². The average molecular weight is 142 g/mol. The van der Waals surface area contributed by atoms with Gasteiger partial charge in [-0.3, -0.25) is 4.79 Å². The van der Waals surface area contributed by atoms with Crippen molar-refractivity contribution >= 4 is 5.91 Å². The van der Waals surface area contributed by atoms with E-state index in [0.717, 1.165) is 6.54 Å². The van der Waals surface area contributed by atoms with Crippen molar-refractivity contribution in [3.8, 4) is 0 Å². The molecule has 1 saturated heterocycles. The van der Waals surface area contributed by atoms with Gasteiger partial charge in [-0.2, -0.15) is 0 Å². The maximum absolute atomic E-state index is 10.9. The summed E-state index contributed by atoms with van der Waals surface area (Å²) >= 11 is 0. The van der Waals surface area contributed by atoms with E-state index in [0.29, 0.717) is 11.8 Å². The topological polar surface area (TPSA) is 55.1 Å². The third-order valence-corrected chi connectivity index (χ3v) is 2.13. The first-order valence-corrected chi connectivity index (χ1v) is 3.66. The van der Waals surface area contributed by atoms with Gasteiger partial charge >= 0.3 is 0 Å². The van der Waals surface area contributed by atoms with Gasteiger partial charge in [0, 0.05) is 12.5 Å². The molecule has 0 aromatic carbocycles. The van der Waals surface area contributed by atoms with Gasteiger partial charge in [0.2, 0.25) is 5.91 Å². The summed E-state index contributed by atoms with van der Waals surface area (Å²) in [5.74, 6) is 0.820. The van der Waals surface area contributed by atoms with Gasteiger partial charge in [0.1, 0.15) is 0 Å². The third kappa shape index (κ3) is 1.14. The predicted octanol–water partition coefficient (Wildman–Crippen LogP) is -0.284. The Morgan fingerprint density at radius 1 is 1.70 bits per heavy atom. The van der Waals surface area contributed by atoms with Crippen molar-refractivity contribution in [1.82, 2.24) is 5.32 Å². The fourth-order valence-corrected chi connectivity index (χ4v) is 1.31. The van der Waals surface area contributed by atoms with Crippen molar-refractivity contribution in [2.24, 2.45) is 17.6 Å². The molecule has 58 valence electrons. The van der Waals surface area contributed by atoms with Crippen LogP contribution in [-0.2, 0) is 4.79 Å². The number of hydrogen-bond acceptors (Lipinski definition) is 2. The van der Waals surface area contributed by atoms with Crippen molar-refractivity contribution in [3.63, 3.8) is 0 Å². The molecule has 2 atom stereocenters. The number of hydrogen-bond donors (Lipinski definition) is 2. The van der Waals surface area contributed by atoms with Crippen LogP contribution in [0.1, 0.15) is 13.8 Å². The summed E-state index contributed by atoms with van der Waals surface area (Å²) in [6.45, 7) is 4.92. The fraction of sp³-hybridized carbons (Fsp3) is 0.857. The number of nitrogens with one attached hydrogen (secondary N) is 1. The van der Waals surface area contributed by atoms with Crippen LogP contribution in [0, 0.1) is 11.8 Å². The van der Waals surface area contributed by atoms with Crippen LogP contribution in [0.5, 0.6) is 0 Å². The molecule has 0 aliphatic carbocycles. The minimum absolute atomic E-state index is 0.00120. The molecule has 0 bridgehead atoms. The zero-order valence-corrected chi connectivity index (χ0v) is 6.42. The van der Waals surface area contributed by atoms with Crippen LogP contribution in [0.3, 0.4) is 0 Å². The molecule has 1 fully saturated rings. The summed E-state index contributed by atoms with van der Waals surface area (Å²) in [4.78, 5) is 10.9. The van der Waals surface area contributed by atoms with E-state index in [4.69, 9.17) is 5.73 Å². The molecule has 0 aromatic rings. The number of amides is 1. The van der Waals surface area contributed by atoms with Crippen molar-refractivity contribution in [2.45, 2.75) is 19.9 Å². The summed E-state index contributed by atoms with van der Waals surface area (Å²) in [6, 6.07) is -0.278. The van der Waals surface area contributed by atoms with E-state index in [-0.39, 0.29) is 11.9 Å². The minimum atomic E-state index is -0.278. The molecule has 0 radical (unpaired) electrons. The van der Waals surface area contributed by atoms with Gasteiger partial charge in [-0.1, -0.05) is 13.8 Å². The van der Waals surface area contributed by atoms with E-state index in [1.165, 1.54) is 0 Å². The molecule has 1 aliphatic rings. The Hall–Kier alpha value is -0.570. The van der Waals surface area contributed by atoms with E-state index in [2.05, 4.69) is 19.2 Å². The van der Waals surface area contributed by atoms with Gasteiger partial charge in [-0.25, -0.2) is 0 Å². The van der Waals surface area contributed by atoms with E-state index < -0.39 is 0 Å². The SMILES string of the molecule is CC(C)[C@@H]1CNC(=O)[C@H]1N. The molecule has 10 heavy (non-hydrogen) atoms.